The Morgan fingerprint density at radius 2 is 2.15 bits per heavy atom. The first-order valence-electron chi connectivity index (χ1n) is 7.28. The van der Waals surface area contributed by atoms with Gasteiger partial charge in [-0.25, -0.2) is 4.98 Å². The summed E-state index contributed by atoms with van der Waals surface area (Å²) in [4.78, 5) is 23.7. The van der Waals surface area contributed by atoms with Crippen molar-refractivity contribution in [3.8, 4) is 0 Å². The lowest BCUT2D eigenvalue weighted by atomic mass is 10.1. The van der Waals surface area contributed by atoms with E-state index >= 15 is 0 Å². The van der Waals surface area contributed by atoms with Gasteiger partial charge in [0.15, 0.2) is 0 Å². The van der Waals surface area contributed by atoms with Gasteiger partial charge in [-0.2, -0.15) is 0 Å². The van der Waals surface area contributed by atoms with Crippen LogP contribution in [0.3, 0.4) is 0 Å². The Kier molecular flexibility index (Phi) is 5.14. The molecule has 6 nitrogen and oxygen atoms in total. The molecule has 1 aromatic heterocycles. The van der Waals surface area contributed by atoms with E-state index in [-0.39, 0.29) is 5.91 Å². The third kappa shape index (κ3) is 3.80. The average Bonchev–Trinajstić information content (AvgIpc) is 2.85. The highest BCUT2D eigenvalue weighted by Crippen LogP contribution is 2.07. The van der Waals surface area contributed by atoms with Crippen molar-refractivity contribution >= 4 is 5.91 Å². The van der Waals surface area contributed by atoms with Crippen LogP contribution < -0.4 is 5.32 Å². The van der Waals surface area contributed by atoms with Gasteiger partial charge in [-0.05, 0) is 27.3 Å². The zero-order chi connectivity index (χ0) is 14.5. The Bertz CT molecular complexity index is 437. The maximum atomic E-state index is 11.9. The van der Waals surface area contributed by atoms with Crippen LogP contribution in [0.25, 0.3) is 0 Å². The summed E-state index contributed by atoms with van der Waals surface area (Å²) in [5, 5.41) is 2.95. The van der Waals surface area contributed by atoms with Crippen LogP contribution in [0.1, 0.15) is 29.5 Å². The molecule has 1 aromatic rings. The number of H-pyrrole nitrogens is 1. The van der Waals surface area contributed by atoms with Gasteiger partial charge in [0.05, 0.1) is 6.33 Å². The standard InChI is InChI=1S/C14H25N5O/c1-11(19-8-6-18(3)7-9-19)4-5-15-14(20)13-12(2)16-10-17-13/h10-11H,4-9H2,1-3H3,(H,15,20)(H,16,17)/t11-/m1/s1. The van der Waals surface area contributed by atoms with Crippen molar-refractivity contribution in [1.29, 1.82) is 0 Å². The molecule has 0 radical (unpaired) electrons. The van der Waals surface area contributed by atoms with E-state index in [0.717, 1.165) is 38.3 Å². The number of nitrogens with one attached hydrogen (secondary N) is 2. The van der Waals surface area contributed by atoms with Gasteiger partial charge in [0, 0.05) is 44.5 Å². The predicted octanol–water partition coefficient (Wildman–Crippen LogP) is 0.474. The van der Waals surface area contributed by atoms with Gasteiger partial charge in [0.2, 0.25) is 0 Å². The lowest BCUT2D eigenvalue weighted by molar-refractivity contribution is 0.0930. The van der Waals surface area contributed by atoms with Crippen LogP contribution in [-0.2, 0) is 0 Å². The topological polar surface area (TPSA) is 64.3 Å². The van der Waals surface area contributed by atoms with Crippen molar-refractivity contribution in [2.75, 3.05) is 39.8 Å². The highest BCUT2D eigenvalue weighted by molar-refractivity contribution is 5.93. The number of amides is 1. The molecule has 1 aliphatic heterocycles. The highest BCUT2D eigenvalue weighted by atomic mass is 16.1. The second-order valence-corrected chi connectivity index (χ2v) is 5.61. The summed E-state index contributed by atoms with van der Waals surface area (Å²) in [7, 11) is 2.16. The molecule has 0 unspecified atom stereocenters. The number of aromatic amines is 1. The Morgan fingerprint density at radius 3 is 2.75 bits per heavy atom. The molecule has 0 bridgehead atoms. The summed E-state index contributed by atoms with van der Waals surface area (Å²) in [5.74, 6) is -0.0886. The van der Waals surface area contributed by atoms with E-state index in [1.165, 1.54) is 0 Å². The Morgan fingerprint density at radius 1 is 1.45 bits per heavy atom. The van der Waals surface area contributed by atoms with E-state index in [1.807, 2.05) is 6.92 Å². The number of imidazole rings is 1. The third-order valence-electron chi connectivity index (χ3n) is 4.05. The number of piperazine rings is 1. The molecule has 1 atom stereocenters. The monoisotopic (exact) mass is 279 g/mol. The molecule has 112 valence electrons. The molecule has 20 heavy (non-hydrogen) atoms. The first-order chi connectivity index (χ1) is 9.58. The summed E-state index contributed by atoms with van der Waals surface area (Å²) < 4.78 is 0. The lowest BCUT2D eigenvalue weighted by Gasteiger charge is -2.36. The Labute approximate surface area is 120 Å². The molecular formula is C14H25N5O. The normalized spacial score (nSPS) is 18.9. The number of carbonyl (C=O) groups excluding carboxylic acids is 1. The predicted molar refractivity (Wildman–Crippen MR) is 78.8 cm³/mol. The largest absolute Gasteiger partial charge is 0.351 e. The van der Waals surface area contributed by atoms with Gasteiger partial charge in [-0.1, -0.05) is 0 Å². The fourth-order valence-corrected chi connectivity index (χ4v) is 2.51. The van der Waals surface area contributed by atoms with E-state index in [0.29, 0.717) is 18.3 Å². The van der Waals surface area contributed by atoms with Crippen molar-refractivity contribution in [1.82, 2.24) is 25.1 Å². The second-order valence-electron chi connectivity index (χ2n) is 5.61. The molecule has 2 heterocycles. The third-order valence-corrected chi connectivity index (χ3v) is 4.05. The lowest BCUT2D eigenvalue weighted by Crippen LogP contribution is -2.48. The van der Waals surface area contributed by atoms with Crippen LogP contribution >= 0.6 is 0 Å². The van der Waals surface area contributed by atoms with Gasteiger partial charge in [-0.3, -0.25) is 9.69 Å². The van der Waals surface area contributed by atoms with E-state index in [1.54, 1.807) is 6.33 Å². The SMILES string of the molecule is Cc1[nH]cnc1C(=O)NCC[C@@H](C)N1CCN(C)CC1. The fraction of sp³-hybridized carbons (Fsp3) is 0.714. The van der Waals surface area contributed by atoms with Gasteiger partial charge < -0.3 is 15.2 Å². The van der Waals surface area contributed by atoms with Crippen molar-refractivity contribution in [2.24, 2.45) is 0 Å². The van der Waals surface area contributed by atoms with Crippen LogP contribution in [-0.4, -0.2) is 71.5 Å². The summed E-state index contributed by atoms with van der Waals surface area (Å²) in [6, 6.07) is 0.504. The van der Waals surface area contributed by atoms with E-state index in [9.17, 15) is 4.79 Å². The summed E-state index contributed by atoms with van der Waals surface area (Å²) in [6.07, 6.45) is 2.52. The van der Waals surface area contributed by atoms with Crippen molar-refractivity contribution in [3.05, 3.63) is 17.7 Å². The number of rotatable bonds is 5. The van der Waals surface area contributed by atoms with Crippen LogP contribution in [0, 0.1) is 6.92 Å². The zero-order valence-electron chi connectivity index (χ0n) is 12.6. The molecule has 0 aliphatic carbocycles. The van der Waals surface area contributed by atoms with E-state index in [4.69, 9.17) is 0 Å². The maximum Gasteiger partial charge on any atom is 0.271 e. The first-order valence-corrected chi connectivity index (χ1v) is 7.28. The highest BCUT2D eigenvalue weighted by Gasteiger charge is 2.19. The summed E-state index contributed by atoms with van der Waals surface area (Å²) in [5.41, 5.74) is 1.31. The minimum absolute atomic E-state index is 0.0886. The van der Waals surface area contributed by atoms with Gasteiger partial charge in [0.25, 0.3) is 5.91 Å². The summed E-state index contributed by atoms with van der Waals surface area (Å²) >= 11 is 0. The van der Waals surface area contributed by atoms with Crippen LogP contribution in [0.5, 0.6) is 0 Å². The molecule has 6 heteroatoms. The second kappa shape index (κ2) is 6.85. The Balaban J connectivity index is 1.70. The molecule has 1 amide bonds. The number of aryl methyl sites for hydroxylation is 1. The number of carbonyl (C=O) groups is 1. The molecule has 2 rings (SSSR count). The number of aromatic nitrogens is 2. The fourth-order valence-electron chi connectivity index (χ4n) is 2.51. The molecule has 2 N–H and O–H groups in total. The van der Waals surface area contributed by atoms with Gasteiger partial charge in [0.1, 0.15) is 5.69 Å². The Hall–Kier alpha value is -1.40. The molecule has 0 aromatic carbocycles. The smallest absolute Gasteiger partial charge is 0.271 e. The van der Waals surface area contributed by atoms with Crippen LogP contribution in [0.2, 0.25) is 0 Å². The minimum atomic E-state index is -0.0886. The van der Waals surface area contributed by atoms with E-state index in [2.05, 4.69) is 39.1 Å². The zero-order valence-corrected chi connectivity index (χ0v) is 12.6. The van der Waals surface area contributed by atoms with Gasteiger partial charge in [-0.15, -0.1) is 0 Å². The molecule has 0 saturated carbocycles. The summed E-state index contributed by atoms with van der Waals surface area (Å²) in [6.45, 7) is 9.27. The average molecular weight is 279 g/mol. The molecule has 0 spiro atoms. The number of nitrogens with zero attached hydrogens (tertiary/aromatic N) is 3. The quantitative estimate of drug-likeness (QED) is 0.822. The molecule has 1 saturated heterocycles. The van der Waals surface area contributed by atoms with Crippen LogP contribution in [0.4, 0.5) is 0 Å². The van der Waals surface area contributed by atoms with Crippen molar-refractivity contribution in [3.63, 3.8) is 0 Å². The van der Waals surface area contributed by atoms with Crippen LogP contribution in [0.15, 0.2) is 6.33 Å². The minimum Gasteiger partial charge on any atom is -0.351 e. The molecule has 1 fully saturated rings. The van der Waals surface area contributed by atoms with Gasteiger partial charge >= 0.3 is 0 Å². The maximum absolute atomic E-state index is 11.9. The number of hydrogen-bond acceptors (Lipinski definition) is 4. The molecular weight excluding hydrogens is 254 g/mol. The first kappa shape index (κ1) is 15.0. The van der Waals surface area contributed by atoms with E-state index < -0.39 is 0 Å². The number of hydrogen-bond donors (Lipinski definition) is 2. The number of likely N-dealkylation sites (N-methyl/N-ethyl adjacent to an activating group) is 1. The van der Waals surface area contributed by atoms with Crippen molar-refractivity contribution < 1.29 is 4.79 Å². The molecule has 1 aliphatic rings. The van der Waals surface area contributed by atoms with Crippen molar-refractivity contribution in [2.45, 2.75) is 26.3 Å².